The maximum absolute atomic E-state index is 5.68. The van der Waals surface area contributed by atoms with E-state index in [1.807, 2.05) is 12.4 Å². The minimum atomic E-state index is 0.494. The van der Waals surface area contributed by atoms with E-state index >= 15 is 0 Å². The van der Waals surface area contributed by atoms with Gasteiger partial charge in [-0.25, -0.2) is 0 Å². The van der Waals surface area contributed by atoms with Crippen molar-refractivity contribution in [1.82, 2.24) is 4.98 Å². The van der Waals surface area contributed by atoms with Crippen LogP contribution in [0.15, 0.2) is 18.5 Å². The van der Waals surface area contributed by atoms with Crippen molar-refractivity contribution in [3.8, 4) is 0 Å². The number of nitrogens with zero attached hydrogens (tertiary/aromatic N) is 1. The summed E-state index contributed by atoms with van der Waals surface area (Å²) in [5.41, 5.74) is 5.42. The maximum atomic E-state index is 5.68. The van der Waals surface area contributed by atoms with Crippen LogP contribution in [0.2, 0.25) is 0 Å². The Balaban J connectivity index is 2.60. The monoisotopic (exact) mass is 245 g/mol. The number of rotatable bonds is 2. The Morgan fingerprint density at radius 2 is 1.89 bits per heavy atom. The molecule has 0 radical (unpaired) electrons. The van der Waals surface area contributed by atoms with Gasteiger partial charge >= 0.3 is 0 Å². The van der Waals surface area contributed by atoms with Crippen molar-refractivity contribution in [3.63, 3.8) is 0 Å². The summed E-state index contributed by atoms with van der Waals surface area (Å²) in [7, 11) is 0. The van der Waals surface area contributed by atoms with Gasteiger partial charge in [0.25, 0.3) is 0 Å². The van der Waals surface area contributed by atoms with Crippen LogP contribution in [-0.4, -0.2) is 11.6 Å². The highest BCUT2D eigenvalue weighted by molar-refractivity contribution is 5.72. The Kier molecular flexibility index (Phi) is 4.18. The van der Waals surface area contributed by atoms with E-state index in [9.17, 15) is 0 Å². The van der Waals surface area contributed by atoms with Crippen LogP contribution in [0.5, 0.6) is 0 Å². The molecule has 1 aliphatic rings. The molecule has 2 heterocycles. The molecular weight excluding hydrogens is 222 g/mol. The van der Waals surface area contributed by atoms with Gasteiger partial charge in [0.1, 0.15) is 0 Å². The lowest BCUT2D eigenvalue weighted by Gasteiger charge is -2.23. The molecule has 2 nitrogen and oxygen atoms in total. The van der Waals surface area contributed by atoms with Crippen LogP contribution in [0.25, 0.3) is 5.57 Å². The van der Waals surface area contributed by atoms with Gasteiger partial charge in [-0.05, 0) is 35.0 Å². The standard InChI is InChI=1S/C16H23NO/c1-11(2)14-6-5-7-18-10-13-8-17-9-15(12(3)4)16(13)14/h6,8-9,11-12H,5,7,10H2,1-4H3/b14-6-. The van der Waals surface area contributed by atoms with Gasteiger partial charge in [-0.15, -0.1) is 0 Å². The molecule has 0 bridgehead atoms. The summed E-state index contributed by atoms with van der Waals surface area (Å²) in [5, 5.41) is 0. The summed E-state index contributed by atoms with van der Waals surface area (Å²) in [5.74, 6) is 1.04. The number of hydrogen-bond donors (Lipinski definition) is 0. The number of pyridine rings is 1. The first-order valence-corrected chi connectivity index (χ1v) is 6.86. The van der Waals surface area contributed by atoms with E-state index in [1.54, 1.807) is 0 Å². The van der Waals surface area contributed by atoms with Crippen molar-refractivity contribution in [2.45, 2.75) is 46.6 Å². The highest BCUT2D eigenvalue weighted by Gasteiger charge is 2.19. The smallest absolute Gasteiger partial charge is 0.0738 e. The molecule has 1 aromatic heterocycles. The first kappa shape index (κ1) is 13.3. The predicted octanol–water partition coefficient (Wildman–Crippen LogP) is 4.16. The number of fused-ring (bicyclic) bond motifs is 1. The topological polar surface area (TPSA) is 22.1 Å². The third-order valence-electron chi connectivity index (χ3n) is 3.47. The number of hydrogen-bond acceptors (Lipinski definition) is 2. The second-order valence-corrected chi connectivity index (χ2v) is 5.57. The van der Waals surface area contributed by atoms with E-state index in [0.29, 0.717) is 18.4 Å². The molecule has 0 N–H and O–H groups in total. The quantitative estimate of drug-likeness (QED) is 0.780. The van der Waals surface area contributed by atoms with E-state index in [1.165, 1.54) is 22.3 Å². The fraction of sp³-hybridized carbons (Fsp3) is 0.562. The molecule has 98 valence electrons. The van der Waals surface area contributed by atoms with E-state index < -0.39 is 0 Å². The van der Waals surface area contributed by atoms with Gasteiger partial charge < -0.3 is 4.74 Å². The van der Waals surface area contributed by atoms with Gasteiger partial charge in [0.05, 0.1) is 13.2 Å². The molecule has 0 spiro atoms. The Morgan fingerprint density at radius 3 is 2.56 bits per heavy atom. The molecule has 0 amide bonds. The lowest BCUT2D eigenvalue weighted by molar-refractivity contribution is 0.124. The molecule has 0 unspecified atom stereocenters. The van der Waals surface area contributed by atoms with Crippen molar-refractivity contribution >= 4 is 5.57 Å². The van der Waals surface area contributed by atoms with E-state index in [4.69, 9.17) is 4.74 Å². The molecule has 0 fully saturated rings. The zero-order chi connectivity index (χ0) is 13.1. The second kappa shape index (κ2) is 5.66. The molecule has 2 rings (SSSR count). The first-order valence-electron chi connectivity index (χ1n) is 6.86. The van der Waals surface area contributed by atoms with Crippen molar-refractivity contribution in [3.05, 3.63) is 35.2 Å². The van der Waals surface area contributed by atoms with Crippen molar-refractivity contribution in [2.75, 3.05) is 6.61 Å². The highest BCUT2D eigenvalue weighted by Crippen LogP contribution is 2.34. The third kappa shape index (κ3) is 2.64. The van der Waals surface area contributed by atoms with E-state index in [0.717, 1.165) is 13.0 Å². The normalized spacial score (nSPS) is 19.1. The third-order valence-corrected chi connectivity index (χ3v) is 3.47. The van der Waals surface area contributed by atoms with Crippen molar-refractivity contribution in [1.29, 1.82) is 0 Å². The zero-order valence-corrected chi connectivity index (χ0v) is 11.9. The SMILES string of the molecule is CC(C)/C1=C/CCOCc2cncc(C(C)C)c21. The molecule has 0 aliphatic carbocycles. The number of allylic oxidation sites excluding steroid dienone is 1. The molecule has 0 atom stereocenters. The summed E-state index contributed by atoms with van der Waals surface area (Å²) in [6.45, 7) is 10.5. The molecule has 1 aromatic rings. The van der Waals surface area contributed by atoms with Gasteiger partial charge in [-0.1, -0.05) is 33.8 Å². The van der Waals surface area contributed by atoms with E-state index in [-0.39, 0.29) is 0 Å². The summed E-state index contributed by atoms with van der Waals surface area (Å²) < 4.78 is 5.68. The Bertz CT molecular complexity index is 446. The fourth-order valence-electron chi connectivity index (χ4n) is 2.53. The van der Waals surface area contributed by atoms with Crippen molar-refractivity contribution < 1.29 is 4.74 Å². The van der Waals surface area contributed by atoms with Crippen LogP contribution in [-0.2, 0) is 11.3 Å². The molecule has 0 saturated heterocycles. The summed E-state index contributed by atoms with van der Waals surface area (Å²) >= 11 is 0. The van der Waals surface area contributed by atoms with Crippen LogP contribution < -0.4 is 0 Å². The summed E-state index contributed by atoms with van der Waals surface area (Å²) in [6, 6.07) is 0. The zero-order valence-electron chi connectivity index (χ0n) is 11.9. The van der Waals surface area contributed by atoms with Gasteiger partial charge in [-0.3, -0.25) is 4.98 Å². The van der Waals surface area contributed by atoms with Crippen LogP contribution in [0.4, 0.5) is 0 Å². The number of aromatic nitrogens is 1. The van der Waals surface area contributed by atoms with Crippen LogP contribution >= 0.6 is 0 Å². The highest BCUT2D eigenvalue weighted by atomic mass is 16.5. The predicted molar refractivity (Wildman–Crippen MR) is 75.4 cm³/mol. The maximum Gasteiger partial charge on any atom is 0.0738 e. The lowest BCUT2D eigenvalue weighted by atomic mass is 9.85. The van der Waals surface area contributed by atoms with Gasteiger partial charge in [0.2, 0.25) is 0 Å². The van der Waals surface area contributed by atoms with Gasteiger partial charge in [0, 0.05) is 18.0 Å². The summed E-state index contributed by atoms with van der Waals surface area (Å²) in [4.78, 5) is 4.38. The Hall–Kier alpha value is -1.15. The minimum Gasteiger partial charge on any atom is -0.376 e. The molecular formula is C16H23NO. The second-order valence-electron chi connectivity index (χ2n) is 5.57. The molecule has 0 saturated carbocycles. The van der Waals surface area contributed by atoms with Crippen LogP contribution in [0, 0.1) is 5.92 Å². The van der Waals surface area contributed by atoms with Gasteiger partial charge in [-0.2, -0.15) is 0 Å². The van der Waals surface area contributed by atoms with E-state index in [2.05, 4.69) is 38.8 Å². The summed E-state index contributed by atoms with van der Waals surface area (Å²) in [6.07, 6.45) is 7.32. The Labute approximate surface area is 110 Å². The largest absolute Gasteiger partial charge is 0.376 e. The van der Waals surface area contributed by atoms with Crippen molar-refractivity contribution in [2.24, 2.45) is 5.92 Å². The molecule has 18 heavy (non-hydrogen) atoms. The lowest BCUT2D eigenvalue weighted by Crippen LogP contribution is -2.10. The van der Waals surface area contributed by atoms with Crippen LogP contribution in [0.3, 0.4) is 0 Å². The average molecular weight is 245 g/mol. The Morgan fingerprint density at radius 1 is 1.11 bits per heavy atom. The molecule has 2 heteroatoms. The molecule has 0 aromatic carbocycles. The minimum absolute atomic E-state index is 0.494. The number of ether oxygens (including phenoxy) is 1. The average Bonchev–Trinajstić information content (AvgIpc) is 2.28. The fourth-order valence-corrected chi connectivity index (χ4v) is 2.53. The molecule has 1 aliphatic heterocycles. The van der Waals surface area contributed by atoms with Crippen LogP contribution in [0.1, 0.15) is 56.7 Å². The first-order chi connectivity index (χ1) is 8.61. The van der Waals surface area contributed by atoms with Gasteiger partial charge in [0.15, 0.2) is 0 Å².